The molecule has 6 nitrogen and oxygen atoms in total. The van der Waals surface area contributed by atoms with Crippen molar-refractivity contribution in [3.63, 3.8) is 0 Å². The van der Waals surface area contributed by atoms with Crippen LogP contribution in [-0.2, 0) is 9.59 Å². The van der Waals surface area contributed by atoms with Crippen LogP contribution in [0.2, 0.25) is 0 Å². The zero-order valence-corrected chi connectivity index (χ0v) is 8.69. The lowest BCUT2D eigenvalue weighted by Gasteiger charge is -2.20. The van der Waals surface area contributed by atoms with Gasteiger partial charge in [0.05, 0.1) is 12.1 Å². The minimum atomic E-state index is -1.01. The number of aliphatic hydroxyl groups is 1. The maximum Gasteiger partial charge on any atom is 0.242 e. The molecule has 6 heteroatoms. The van der Waals surface area contributed by atoms with Crippen LogP contribution in [0.4, 0.5) is 0 Å². The highest BCUT2D eigenvalue weighted by atomic mass is 16.3. The van der Waals surface area contributed by atoms with Crippen LogP contribution in [0.25, 0.3) is 0 Å². The molecule has 1 aliphatic heterocycles. The van der Waals surface area contributed by atoms with Gasteiger partial charge in [-0.1, -0.05) is 0 Å². The monoisotopic (exact) mass is 215 g/mol. The van der Waals surface area contributed by atoms with E-state index in [1.54, 1.807) is 0 Å². The van der Waals surface area contributed by atoms with Gasteiger partial charge in [-0.3, -0.25) is 9.59 Å². The van der Waals surface area contributed by atoms with Gasteiger partial charge in [0.15, 0.2) is 0 Å². The maximum atomic E-state index is 11.6. The molecule has 0 unspecified atom stereocenters. The molecule has 1 aliphatic rings. The molecule has 0 spiro atoms. The molecule has 2 amide bonds. The zero-order valence-electron chi connectivity index (χ0n) is 8.69. The van der Waals surface area contributed by atoms with Gasteiger partial charge >= 0.3 is 0 Å². The minimum Gasteiger partial charge on any atom is -0.391 e. The third kappa shape index (κ3) is 3.17. The molecule has 0 bridgehead atoms. The van der Waals surface area contributed by atoms with Gasteiger partial charge in [0, 0.05) is 0 Å². The number of carbonyl (C=O) groups is 2. The van der Waals surface area contributed by atoms with Gasteiger partial charge in [0.25, 0.3) is 0 Å². The number of amides is 2. The molecule has 3 atom stereocenters. The largest absolute Gasteiger partial charge is 0.391 e. The van der Waals surface area contributed by atoms with E-state index >= 15 is 0 Å². The third-order valence-electron chi connectivity index (χ3n) is 2.46. The van der Waals surface area contributed by atoms with E-state index in [1.165, 1.54) is 6.92 Å². The van der Waals surface area contributed by atoms with Crippen LogP contribution in [0.1, 0.15) is 19.8 Å². The lowest BCUT2D eigenvalue weighted by Crippen LogP contribution is -2.54. The molecule has 0 aromatic carbocycles. The van der Waals surface area contributed by atoms with Crippen LogP contribution in [0.3, 0.4) is 0 Å². The molecule has 15 heavy (non-hydrogen) atoms. The van der Waals surface area contributed by atoms with Crippen molar-refractivity contribution in [3.05, 3.63) is 0 Å². The number of rotatable bonds is 4. The first kappa shape index (κ1) is 11.9. The van der Waals surface area contributed by atoms with Crippen molar-refractivity contribution in [2.24, 2.45) is 5.73 Å². The summed E-state index contributed by atoms with van der Waals surface area (Å²) in [6, 6.07) is -1.29. The molecular formula is C9H17N3O3. The van der Waals surface area contributed by atoms with Crippen LogP contribution in [0, 0.1) is 0 Å². The van der Waals surface area contributed by atoms with Gasteiger partial charge in [0.2, 0.25) is 11.8 Å². The van der Waals surface area contributed by atoms with Crippen molar-refractivity contribution in [2.45, 2.75) is 38.0 Å². The van der Waals surface area contributed by atoms with Crippen molar-refractivity contribution >= 4 is 11.8 Å². The minimum absolute atomic E-state index is 0.273. The summed E-state index contributed by atoms with van der Waals surface area (Å²) in [7, 11) is 0. The highest BCUT2D eigenvalue weighted by Gasteiger charge is 2.28. The summed E-state index contributed by atoms with van der Waals surface area (Å²) in [5, 5.41) is 14.7. The number of nitrogens with two attached hydrogens (primary N) is 1. The maximum absolute atomic E-state index is 11.6. The second-order valence-electron chi connectivity index (χ2n) is 3.78. The second-order valence-corrected chi connectivity index (χ2v) is 3.78. The fourth-order valence-corrected chi connectivity index (χ4v) is 1.59. The number of hydrogen-bond acceptors (Lipinski definition) is 4. The number of primary amides is 1. The fraction of sp³-hybridized carbons (Fsp3) is 0.778. The van der Waals surface area contributed by atoms with E-state index in [0.717, 1.165) is 19.4 Å². The zero-order chi connectivity index (χ0) is 11.4. The van der Waals surface area contributed by atoms with Crippen molar-refractivity contribution in [3.8, 4) is 0 Å². The predicted octanol–water partition coefficient (Wildman–Crippen LogP) is -1.91. The van der Waals surface area contributed by atoms with E-state index in [1.807, 2.05) is 0 Å². The lowest BCUT2D eigenvalue weighted by atomic mass is 10.1. The average Bonchev–Trinajstić information content (AvgIpc) is 2.65. The molecule has 86 valence electrons. The lowest BCUT2D eigenvalue weighted by molar-refractivity contribution is -0.130. The Balaban J connectivity index is 2.50. The van der Waals surface area contributed by atoms with Gasteiger partial charge in [-0.15, -0.1) is 0 Å². The molecule has 1 fully saturated rings. The quantitative estimate of drug-likeness (QED) is 0.439. The van der Waals surface area contributed by atoms with Gasteiger partial charge < -0.3 is 21.5 Å². The number of carbonyl (C=O) groups excluding carboxylic acids is 2. The van der Waals surface area contributed by atoms with E-state index in [2.05, 4.69) is 10.6 Å². The molecule has 0 radical (unpaired) electrons. The number of nitrogens with one attached hydrogen (secondary N) is 2. The molecule has 0 aliphatic carbocycles. The predicted molar refractivity (Wildman–Crippen MR) is 53.8 cm³/mol. The van der Waals surface area contributed by atoms with E-state index in [9.17, 15) is 14.7 Å². The molecule has 1 rings (SSSR count). The van der Waals surface area contributed by atoms with Crippen LogP contribution < -0.4 is 16.4 Å². The first-order valence-corrected chi connectivity index (χ1v) is 5.03. The SMILES string of the molecule is C[C@@H](O)[C@H](NC(=O)[C@H]1CCCN1)C(N)=O. The first-order chi connectivity index (χ1) is 7.02. The summed E-state index contributed by atoms with van der Waals surface area (Å²) >= 11 is 0. The summed E-state index contributed by atoms with van der Waals surface area (Å²) in [5.74, 6) is -1.01. The summed E-state index contributed by atoms with van der Waals surface area (Å²) in [6.45, 7) is 2.21. The van der Waals surface area contributed by atoms with Crippen molar-refractivity contribution in [2.75, 3.05) is 6.54 Å². The number of aliphatic hydroxyl groups excluding tert-OH is 1. The molecule has 0 aromatic rings. The normalized spacial score (nSPS) is 24.5. The molecular weight excluding hydrogens is 198 g/mol. The first-order valence-electron chi connectivity index (χ1n) is 5.03. The molecule has 1 heterocycles. The summed E-state index contributed by atoms with van der Waals surface area (Å²) in [5.41, 5.74) is 5.05. The molecule has 5 N–H and O–H groups in total. The standard InChI is InChI=1S/C9H17N3O3/c1-5(13)7(8(10)14)12-9(15)6-3-2-4-11-6/h5-7,11,13H,2-4H2,1H3,(H2,10,14)(H,12,15)/t5-,6-,7+/m1/s1. The summed E-state index contributed by atoms with van der Waals surface area (Å²) in [6.07, 6.45) is 0.707. The van der Waals surface area contributed by atoms with E-state index in [0.29, 0.717) is 0 Å². The Kier molecular flexibility index (Phi) is 4.05. The van der Waals surface area contributed by atoms with Crippen LogP contribution in [-0.4, -0.2) is 41.7 Å². The Morgan fingerprint density at radius 3 is 2.67 bits per heavy atom. The molecule has 0 saturated carbocycles. The van der Waals surface area contributed by atoms with Crippen LogP contribution in [0.15, 0.2) is 0 Å². The van der Waals surface area contributed by atoms with Gasteiger partial charge in [-0.05, 0) is 26.3 Å². The Bertz CT molecular complexity index is 249. The average molecular weight is 215 g/mol. The molecule has 1 saturated heterocycles. The van der Waals surface area contributed by atoms with Crippen LogP contribution in [0.5, 0.6) is 0 Å². The van der Waals surface area contributed by atoms with E-state index in [-0.39, 0.29) is 11.9 Å². The van der Waals surface area contributed by atoms with Crippen molar-refractivity contribution < 1.29 is 14.7 Å². The second kappa shape index (κ2) is 5.09. The van der Waals surface area contributed by atoms with E-state index in [4.69, 9.17) is 5.73 Å². The van der Waals surface area contributed by atoms with Crippen molar-refractivity contribution in [1.29, 1.82) is 0 Å². The topological polar surface area (TPSA) is 104 Å². The Morgan fingerprint density at radius 2 is 2.27 bits per heavy atom. The Labute approximate surface area is 88.2 Å². The Hall–Kier alpha value is -1.14. The fourth-order valence-electron chi connectivity index (χ4n) is 1.59. The van der Waals surface area contributed by atoms with Gasteiger partial charge in [0.1, 0.15) is 6.04 Å². The van der Waals surface area contributed by atoms with Crippen molar-refractivity contribution in [1.82, 2.24) is 10.6 Å². The number of hydrogen-bond donors (Lipinski definition) is 4. The smallest absolute Gasteiger partial charge is 0.242 e. The third-order valence-corrected chi connectivity index (χ3v) is 2.46. The highest BCUT2D eigenvalue weighted by Crippen LogP contribution is 2.05. The molecule has 0 aromatic heterocycles. The highest BCUT2D eigenvalue weighted by molar-refractivity contribution is 5.89. The van der Waals surface area contributed by atoms with E-state index < -0.39 is 18.1 Å². The summed E-state index contributed by atoms with van der Waals surface area (Å²) in [4.78, 5) is 22.5. The Morgan fingerprint density at radius 1 is 1.60 bits per heavy atom. The summed E-state index contributed by atoms with van der Waals surface area (Å²) < 4.78 is 0. The van der Waals surface area contributed by atoms with Crippen LogP contribution >= 0.6 is 0 Å². The van der Waals surface area contributed by atoms with Gasteiger partial charge in [-0.2, -0.15) is 0 Å². The van der Waals surface area contributed by atoms with Gasteiger partial charge in [-0.25, -0.2) is 0 Å².